The molecular formula is C28H26F3NO8S2. The van der Waals surface area contributed by atoms with E-state index in [9.17, 15) is 34.8 Å². The molecule has 0 unspecified atom stereocenters. The lowest BCUT2D eigenvalue weighted by Crippen LogP contribution is -2.16. The van der Waals surface area contributed by atoms with Gasteiger partial charge in [-0.15, -0.1) is 0 Å². The molecule has 9 nitrogen and oxygen atoms in total. The lowest BCUT2D eigenvalue weighted by molar-refractivity contribution is -0.137. The van der Waals surface area contributed by atoms with Crippen LogP contribution in [0.3, 0.4) is 0 Å². The van der Waals surface area contributed by atoms with Gasteiger partial charge in [-0.25, -0.2) is 4.79 Å². The third-order valence-corrected chi connectivity index (χ3v) is 6.95. The fraction of sp³-hybridized carbons (Fsp3) is 0.250. The molecule has 1 heterocycles. The van der Waals surface area contributed by atoms with Gasteiger partial charge in [0.25, 0.3) is 0 Å². The number of carbonyl (C=O) groups is 1. The Morgan fingerprint density at radius 2 is 1.45 bits per heavy atom. The van der Waals surface area contributed by atoms with Gasteiger partial charge >= 0.3 is 32.4 Å². The summed E-state index contributed by atoms with van der Waals surface area (Å²) in [6.07, 6.45) is -2.96. The van der Waals surface area contributed by atoms with Crippen molar-refractivity contribution in [1.82, 2.24) is 4.57 Å². The molecular weight excluding hydrogens is 599 g/mol. The first-order valence-corrected chi connectivity index (χ1v) is 16.0. The van der Waals surface area contributed by atoms with Crippen LogP contribution in [0.1, 0.15) is 39.7 Å². The Kier molecular flexibility index (Phi) is 8.60. The number of esters is 1. The minimum Gasteiger partial charge on any atom is -0.461 e. The zero-order valence-corrected chi connectivity index (χ0v) is 24.3. The molecule has 1 aromatic heterocycles. The number of hydrogen-bond acceptors (Lipinski definition) is 8. The van der Waals surface area contributed by atoms with Gasteiger partial charge in [0.2, 0.25) is 0 Å². The number of rotatable bonds is 10. The van der Waals surface area contributed by atoms with E-state index in [0.717, 1.165) is 30.7 Å². The molecule has 0 saturated carbocycles. The Morgan fingerprint density at radius 1 is 0.833 bits per heavy atom. The minimum absolute atomic E-state index is 0.0212. The van der Waals surface area contributed by atoms with E-state index < -0.39 is 37.9 Å². The summed E-state index contributed by atoms with van der Waals surface area (Å²) in [4.78, 5) is 13.3. The number of carbonyl (C=O) groups excluding carboxylic acids is 1. The lowest BCUT2D eigenvalue weighted by atomic mass is 10.00. The molecule has 14 heteroatoms. The molecule has 0 aliphatic carbocycles. The summed E-state index contributed by atoms with van der Waals surface area (Å²) < 4.78 is 104. The molecule has 0 atom stereocenters. The van der Waals surface area contributed by atoms with Crippen molar-refractivity contribution in [2.45, 2.75) is 26.1 Å². The Labute approximate surface area is 240 Å². The van der Waals surface area contributed by atoms with Crippen molar-refractivity contribution in [3.63, 3.8) is 0 Å². The number of halogens is 3. The molecule has 224 valence electrons. The molecule has 0 spiro atoms. The number of fused-ring (bicyclic) bond motifs is 1. The molecule has 4 rings (SSSR count). The second kappa shape index (κ2) is 11.7. The highest BCUT2D eigenvalue weighted by Gasteiger charge is 2.31. The Balaban J connectivity index is 1.91. The fourth-order valence-corrected chi connectivity index (χ4v) is 5.45. The lowest BCUT2D eigenvalue weighted by Gasteiger charge is -2.14. The fourth-order valence-electron chi connectivity index (χ4n) is 4.56. The third kappa shape index (κ3) is 7.62. The van der Waals surface area contributed by atoms with Crippen molar-refractivity contribution in [1.29, 1.82) is 0 Å². The molecule has 0 aliphatic heterocycles. The quantitative estimate of drug-likeness (QED) is 0.175. The zero-order chi connectivity index (χ0) is 30.9. The van der Waals surface area contributed by atoms with Crippen molar-refractivity contribution in [2.24, 2.45) is 0 Å². The maximum absolute atomic E-state index is 13.4. The monoisotopic (exact) mass is 625 g/mol. The zero-order valence-electron chi connectivity index (χ0n) is 22.6. The van der Waals surface area contributed by atoms with Gasteiger partial charge < -0.3 is 17.7 Å². The van der Waals surface area contributed by atoms with Crippen LogP contribution in [0.15, 0.2) is 66.7 Å². The van der Waals surface area contributed by atoms with Crippen molar-refractivity contribution in [2.75, 3.05) is 19.1 Å². The Morgan fingerprint density at radius 3 is 2.02 bits per heavy atom. The van der Waals surface area contributed by atoms with E-state index in [1.54, 1.807) is 35.8 Å². The van der Waals surface area contributed by atoms with Crippen LogP contribution >= 0.6 is 0 Å². The van der Waals surface area contributed by atoms with Crippen LogP contribution in [-0.4, -0.2) is 46.5 Å². The van der Waals surface area contributed by atoms with Crippen LogP contribution in [-0.2, 0) is 44.1 Å². The van der Waals surface area contributed by atoms with Crippen molar-refractivity contribution in [3.8, 4) is 11.5 Å². The molecule has 0 N–H and O–H groups in total. The third-order valence-electron chi connectivity index (χ3n) is 5.96. The molecule has 0 fully saturated rings. The molecule has 42 heavy (non-hydrogen) atoms. The van der Waals surface area contributed by atoms with Crippen molar-refractivity contribution in [3.05, 3.63) is 94.7 Å². The smallest absolute Gasteiger partial charge is 0.416 e. The predicted octanol–water partition coefficient (Wildman–Crippen LogP) is 5.15. The van der Waals surface area contributed by atoms with Gasteiger partial charge in [0.1, 0.15) is 17.2 Å². The van der Waals surface area contributed by atoms with E-state index >= 15 is 0 Å². The van der Waals surface area contributed by atoms with Gasteiger partial charge in [-0.2, -0.15) is 30.0 Å². The highest BCUT2D eigenvalue weighted by Crippen LogP contribution is 2.34. The summed E-state index contributed by atoms with van der Waals surface area (Å²) in [5.74, 6) is -1.19. The number of para-hydroxylation sites is 1. The second-order valence-electron chi connectivity index (χ2n) is 9.41. The summed E-state index contributed by atoms with van der Waals surface area (Å²) >= 11 is 0. The summed E-state index contributed by atoms with van der Waals surface area (Å²) in [5.41, 5.74) is 0.789. The predicted molar refractivity (Wildman–Crippen MR) is 149 cm³/mol. The molecule has 0 amide bonds. The van der Waals surface area contributed by atoms with Crippen LogP contribution in [0.5, 0.6) is 11.5 Å². The normalized spacial score (nSPS) is 12.3. The first-order chi connectivity index (χ1) is 19.5. The molecule has 0 radical (unpaired) electrons. The van der Waals surface area contributed by atoms with Crippen LogP contribution in [0.25, 0.3) is 10.9 Å². The van der Waals surface area contributed by atoms with E-state index in [0.29, 0.717) is 27.6 Å². The van der Waals surface area contributed by atoms with Crippen LogP contribution in [0.2, 0.25) is 0 Å². The standard InChI is InChI=1S/C28H26F3NO8S2/c1-4-38-27(33)26-24(15-18-8-7-9-20(12-18)28(29,30)31)23-10-5-6-11-25(23)32(26)17-19-13-21(39-41(2,34)35)16-22(14-19)40-42(3,36)37/h5-14,16H,4,15,17H2,1-3H3. The van der Waals surface area contributed by atoms with Gasteiger partial charge in [0.15, 0.2) is 0 Å². The van der Waals surface area contributed by atoms with Crippen LogP contribution in [0.4, 0.5) is 13.2 Å². The number of hydrogen-bond donors (Lipinski definition) is 0. The van der Waals surface area contributed by atoms with Gasteiger partial charge in [-0.1, -0.05) is 36.4 Å². The van der Waals surface area contributed by atoms with Crippen molar-refractivity contribution < 1.29 is 47.9 Å². The number of benzene rings is 3. The van der Waals surface area contributed by atoms with Gasteiger partial charge in [0.05, 0.1) is 24.7 Å². The molecule has 0 saturated heterocycles. The molecule has 3 aromatic carbocycles. The van der Waals surface area contributed by atoms with Gasteiger partial charge in [-0.3, -0.25) is 0 Å². The maximum Gasteiger partial charge on any atom is 0.416 e. The minimum atomic E-state index is -4.56. The average Bonchev–Trinajstić information content (AvgIpc) is 3.14. The number of ether oxygens (including phenoxy) is 1. The SMILES string of the molecule is CCOC(=O)c1c(Cc2cccc(C(F)(F)F)c2)c2ccccc2n1Cc1cc(OS(C)(=O)=O)cc(OS(C)(=O)=O)c1. The summed E-state index contributed by atoms with van der Waals surface area (Å²) in [6.45, 7) is 1.52. The number of aromatic nitrogens is 1. The second-order valence-corrected chi connectivity index (χ2v) is 12.6. The molecule has 0 aliphatic rings. The summed E-state index contributed by atoms with van der Waals surface area (Å²) in [5, 5.41) is 0.578. The molecule has 4 aromatic rings. The van der Waals surface area contributed by atoms with E-state index in [-0.39, 0.29) is 36.8 Å². The Hall–Kier alpha value is -4.04. The highest BCUT2D eigenvalue weighted by molar-refractivity contribution is 7.86. The number of alkyl halides is 3. The summed E-state index contributed by atoms with van der Waals surface area (Å²) in [7, 11) is -8.00. The molecule has 0 bridgehead atoms. The largest absolute Gasteiger partial charge is 0.461 e. The van der Waals surface area contributed by atoms with Crippen LogP contribution in [0, 0.1) is 0 Å². The first kappa shape index (κ1) is 30.9. The van der Waals surface area contributed by atoms with E-state index in [4.69, 9.17) is 13.1 Å². The topological polar surface area (TPSA) is 118 Å². The van der Waals surface area contributed by atoms with Crippen molar-refractivity contribution >= 4 is 37.1 Å². The maximum atomic E-state index is 13.4. The summed E-state index contributed by atoms with van der Waals surface area (Å²) in [6, 6.07) is 15.4. The number of nitrogens with zero attached hydrogens (tertiary/aromatic N) is 1. The average molecular weight is 626 g/mol. The van der Waals surface area contributed by atoms with E-state index in [1.165, 1.54) is 24.3 Å². The van der Waals surface area contributed by atoms with Gasteiger partial charge in [-0.05, 0) is 47.9 Å². The first-order valence-electron chi connectivity index (χ1n) is 12.4. The highest BCUT2D eigenvalue weighted by atomic mass is 32.2. The van der Waals surface area contributed by atoms with E-state index in [2.05, 4.69) is 0 Å². The van der Waals surface area contributed by atoms with E-state index in [1.807, 2.05) is 0 Å². The van der Waals surface area contributed by atoms with Crippen LogP contribution < -0.4 is 8.37 Å². The van der Waals surface area contributed by atoms with Gasteiger partial charge in [0, 0.05) is 29.9 Å². The Bertz CT molecular complexity index is 1810.